The topological polar surface area (TPSA) is 49.8 Å². The monoisotopic (exact) mass is 334 g/mol. The van der Waals surface area contributed by atoms with E-state index in [0.29, 0.717) is 0 Å². The van der Waals surface area contributed by atoms with Gasteiger partial charge >= 0.3 is 0 Å². The van der Waals surface area contributed by atoms with Crippen molar-refractivity contribution in [3.8, 4) is 0 Å². The van der Waals surface area contributed by atoms with Gasteiger partial charge in [-0.25, -0.2) is 4.98 Å². The molecule has 1 unspecified atom stereocenters. The van der Waals surface area contributed by atoms with Crippen LogP contribution in [0.25, 0.3) is 0 Å². The average Bonchev–Trinajstić information content (AvgIpc) is 2.46. The average molecular weight is 335 g/mol. The van der Waals surface area contributed by atoms with Gasteiger partial charge in [0.25, 0.3) is 0 Å². The fourth-order valence-electron chi connectivity index (χ4n) is 1.83. The molecule has 2 rings (SSSR count). The molecule has 0 aliphatic rings. The van der Waals surface area contributed by atoms with Crippen molar-refractivity contribution in [2.24, 2.45) is 0 Å². The van der Waals surface area contributed by atoms with Gasteiger partial charge in [0, 0.05) is 17.1 Å². The van der Waals surface area contributed by atoms with Crippen LogP contribution in [0.2, 0.25) is 0 Å². The second-order valence-electron chi connectivity index (χ2n) is 4.63. The second kappa shape index (κ2) is 7.24. The maximum atomic E-state index is 4.50. The van der Waals surface area contributed by atoms with Gasteiger partial charge in [-0.1, -0.05) is 35.0 Å². The van der Waals surface area contributed by atoms with E-state index in [1.54, 1.807) is 12.4 Å². The van der Waals surface area contributed by atoms with Crippen molar-refractivity contribution >= 4 is 27.6 Å². The van der Waals surface area contributed by atoms with Crippen molar-refractivity contribution in [2.75, 3.05) is 17.2 Å². The zero-order valence-electron chi connectivity index (χ0n) is 11.7. The maximum absolute atomic E-state index is 4.50. The van der Waals surface area contributed by atoms with Crippen LogP contribution in [0.3, 0.4) is 0 Å². The van der Waals surface area contributed by atoms with Crippen molar-refractivity contribution < 1.29 is 0 Å². The van der Waals surface area contributed by atoms with Crippen LogP contribution >= 0.6 is 15.9 Å². The molecule has 0 bridgehead atoms. The molecule has 1 atom stereocenters. The van der Waals surface area contributed by atoms with Crippen LogP contribution < -0.4 is 10.6 Å². The summed E-state index contributed by atoms with van der Waals surface area (Å²) in [6.45, 7) is 5.13. The number of hydrogen-bond donors (Lipinski definition) is 2. The molecule has 0 spiro atoms. The Balaban J connectivity index is 2.03. The van der Waals surface area contributed by atoms with Gasteiger partial charge in [0.1, 0.15) is 11.6 Å². The number of aromatic nitrogens is 2. The Morgan fingerprint density at radius 1 is 1.15 bits per heavy atom. The van der Waals surface area contributed by atoms with Crippen LogP contribution in [0.4, 0.5) is 11.6 Å². The zero-order valence-corrected chi connectivity index (χ0v) is 13.3. The van der Waals surface area contributed by atoms with E-state index in [1.807, 2.05) is 12.1 Å². The Kier molecular flexibility index (Phi) is 5.35. The molecule has 106 valence electrons. The minimum Gasteiger partial charge on any atom is -0.369 e. The van der Waals surface area contributed by atoms with E-state index in [4.69, 9.17) is 0 Å². The minimum absolute atomic E-state index is 0.179. The number of benzene rings is 1. The highest BCUT2D eigenvalue weighted by atomic mass is 79.9. The predicted octanol–water partition coefficient (Wildman–Crippen LogP) is 4.23. The van der Waals surface area contributed by atoms with E-state index in [9.17, 15) is 0 Å². The number of nitrogens with one attached hydrogen (secondary N) is 2. The van der Waals surface area contributed by atoms with Crippen LogP contribution in [0.1, 0.15) is 31.9 Å². The smallest absolute Gasteiger partial charge is 0.147 e. The van der Waals surface area contributed by atoms with Crippen LogP contribution in [-0.2, 0) is 0 Å². The summed E-state index contributed by atoms with van der Waals surface area (Å²) in [5.74, 6) is 1.58. The molecule has 2 N–H and O–H groups in total. The first-order valence-corrected chi connectivity index (χ1v) is 7.56. The molecular formula is C15H19BrN4. The highest BCUT2D eigenvalue weighted by Crippen LogP contribution is 2.20. The van der Waals surface area contributed by atoms with Gasteiger partial charge in [0.2, 0.25) is 0 Å². The third-order valence-corrected chi connectivity index (χ3v) is 3.45. The van der Waals surface area contributed by atoms with Gasteiger partial charge in [0.05, 0.1) is 12.4 Å². The molecule has 4 nitrogen and oxygen atoms in total. The molecule has 0 radical (unpaired) electrons. The number of rotatable bonds is 6. The third kappa shape index (κ3) is 4.20. The second-order valence-corrected chi connectivity index (χ2v) is 5.55. The molecule has 0 aliphatic heterocycles. The summed E-state index contributed by atoms with van der Waals surface area (Å²) in [6.07, 6.45) is 4.55. The molecule has 0 amide bonds. The van der Waals surface area contributed by atoms with Gasteiger partial charge in [0.15, 0.2) is 0 Å². The Morgan fingerprint density at radius 3 is 2.55 bits per heavy atom. The van der Waals surface area contributed by atoms with Crippen molar-refractivity contribution in [1.82, 2.24) is 9.97 Å². The van der Waals surface area contributed by atoms with E-state index in [-0.39, 0.29) is 6.04 Å². The van der Waals surface area contributed by atoms with Crippen LogP contribution in [0.15, 0.2) is 41.1 Å². The van der Waals surface area contributed by atoms with E-state index in [2.05, 4.69) is 62.5 Å². The third-order valence-electron chi connectivity index (χ3n) is 2.93. The van der Waals surface area contributed by atoms with Gasteiger partial charge in [-0.2, -0.15) is 0 Å². The Labute approximate surface area is 128 Å². The first kappa shape index (κ1) is 14.8. The van der Waals surface area contributed by atoms with Crippen molar-refractivity contribution in [3.63, 3.8) is 0 Å². The van der Waals surface area contributed by atoms with Gasteiger partial charge in [-0.15, -0.1) is 0 Å². The SMILES string of the molecule is CCCNc1cncc(NC(C)c2ccc(Br)cc2)n1. The molecular weight excluding hydrogens is 316 g/mol. The Morgan fingerprint density at radius 2 is 1.85 bits per heavy atom. The number of nitrogens with zero attached hydrogens (tertiary/aromatic N) is 2. The van der Waals surface area contributed by atoms with Crippen LogP contribution in [0.5, 0.6) is 0 Å². The van der Waals surface area contributed by atoms with Crippen LogP contribution in [-0.4, -0.2) is 16.5 Å². The summed E-state index contributed by atoms with van der Waals surface area (Å²) < 4.78 is 1.08. The van der Waals surface area contributed by atoms with Crippen molar-refractivity contribution in [2.45, 2.75) is 26.3 Å². The molecule has 1 aromatic carbocycles. The fraction of sp³-hybridized carbons (Fsp3) is 0.333. The summed E-state index contributed by atoms with van der Waals surface area (Å²) in [5, 5.41) is 6.60. The Bertz CT molecular complexity index is 542. The summed E-state index contributed by atoms with van der Waals surface area (Å²) in [5.41, 5.74) is 1.21. The largest absolute Gasteiger partial charge is 0.369 e. The molecule has 0 aliphatic carbocycles. The van der Waals surface area contributed by atoms with Gasteiger partial charge < -0.3 is 10.6 Å². The van der Waals surface area contributed by atoms with Gasteiger partial charge in [-0.05, 0) is 31.0 Å². The lowest BCUT2D eigenvalue weighted by Gasteiger charge is -2.15. The predicted molar refractivity (Wildman–Crippen MR) is 87.0 cm³/mol. The van der Waals surface area contributed by atoms with E-state index in [0.717, 1.165) is 29.1 Å². The van der Waals surface area contributed by atoms with Crippen LogP contribution in [0, 0.1) is 0 Å². The molecule has 0 fully saturated rings. The zero-order chi connectivity index (χ0) is 14.4. The lowest BCUT2D eigenvalue weighted by Crippen LogP contribution is -2.10. The summed E-state index contributed by atoms with van der Waals surface area (Å²) in [4.78, 5) is 8.70. The van der Waals surface area contributed by atoms with E-state index < -0.39 is 0 Å². The molecule has 2 aromatic rings. The first-order valence-electron chi connectivity index (χ1n) is 6.77. The highest BCUT2D eigenvalue weighted by molar-refractivity contribution is 9.10. The maximum Gasteiger partial charge on any atom is 0.147 e. The number of halogens is 1. The van der Waals surface area contributed by atoms with Crippen molar-refractivity contribution in [3.05, 3.63) is 46.7 Å². The highest BCUT2D eigenvalue weighted by Gasteiger charge is 2.06. The molecule has 5 heteroatoms. The first-order chi connectivity index (χ1) is 9.69. The van der Waals surface area contributed by atoms with E-state index in [1.165, 1.54) is 5.56 Å². The lowest BCUT2D eigenvalue weighted by molar-refractivity contribution is 0.869. The van der Waals surface area contributed by atoms with E-state index >= 15 is 0 Å². The molecule has 1 aromatic heterocycles. The summed E-state index contributed by atoms with van der Waals surface area (Å²) in [7, 11) is 0. The fourth-order valence-corrected chi connectivity index (χ4v) is 2.09. The molecule has 0 saturated heterocycles. The number of hydrogen-bond acceptors (Lipinski definition) is 4. The quantitative estimate of drug-likeness (QED) is 0.829. The lowest BCUT2D eigenvalue weighted by atomic mass is 10.1. The van der Waals surface area contributed by atoms with Gasteiger partial charge in [-0.3, -0.25) is 4.98 Å². The summed E-state index contributed by atoms with van der Waals surface area (Å²) >= 11 is 3.44. The standard InChI is InChI=1S/C15H19BrN4/c1-3-8-18-14-9-17-10-15(20-14)19-11(2)12-4-6-13(16)7-5-12/h4-7,9-11H,3,8H2,1-2H3,(H2,18,19,20). The molecule has 0 saturated carbocycles. The minimum atomic E-state index is 0.179. The number of anilines is 2. The normalized spacial score (nSPS) is 11.9. The van der Waals surface area contributed by atoms with Crippen molar-refractivity contribution in [1.29, 1.82) is 0 Å². The Hall–Kier alpha value is -1.62. The molecule has 20 heavy (non-hydrogen) atoms. The molecule has 1 heterocycles. The summed E-state index contributed by atoms with van der Waals surface area (Å²) in [6, 6.07) is 8.44.